The van der Waals surface area contributed by atoms with Gasteiger partial charge in [0.05, 0.1) is 17.9 Å². The van der Waals surface area contributed by atoms with E-state index in [2.05, 4.69) is 15.4 Å². The predicted octanol–water partition coefficient (Wildman–Crippen LogP) is 3.22. The second-order valence-electron chi connectivity index (χ2n) is 5.97. The van der Waals surface area contributed by atoms with Gasteiger partial charge in [-0.15, -0.1) is 0 Å². The Morgan fingerprint density at radius 2 is 1.96 bits per heavy atom. The van der Waals surface area contributed by atoms with E-state index < -0.39 is 0 Å². The summed E-state index contributed by atoms with van der Waals surface area (Å²) in [4.78, 5) is 6.24. The summed E-state index contributed by atoms with van der Waals surface area (Å²) in [5, 5.41) is 7.86. The van der Waals surface area contributed by atoms with Crippen LogP contribution in [0, 0.1) is 5.82 Å². The van der Waals surface area contributed by atoms with Crippen LogP contribution >= 0.6 is 0 Å². The molecule has 1 aromatic heterocycles. The fourth-order valence-corrected chi connectivity index (χ4v) is 2.72. The van der Waals surface area contributed by atoms with E-state index in [9.17, 15) is 4.39 Å². The summed E-state index contributed by atoms with van der Waals surface area (Å²) >= 11 is 0. The van der Waals surface area contributed by atoms with E-state index in [4.69, 9.17) is 0 Å². The van der Waals surface area contributed by atoms with E-state index in [0.717, 1.165) is 22.9 Å². The Bertz CT molecular complexity index is 873. The third kappa shape index (κ3) is 4.47. The topological polar surface area (TPSA) is 45.5 Å². The van der Waals surface area contributed by atoms with Gasteiger partial charge in [-0.2, -0.15) is 5.10 Å². The Balaban J connectivity index is 1.60. The molecule has 1 heterocycles. The number of halogens is 1. The van der Waals surface area contributed by atoms with Crippen molar-refractivity contribution in [3.8, 4) is 5.69 Å². The summed E-state index contributed by atoms with van der Waals surface area (Å²) in [5.74, 6) is 0.494. The zero-order valence-corrected chi connectivity index (χ0v) is 14.9. The molecule has 0 saturated carbocycles. The standard InChI is InChI=1S/C20H22FN5/c1-22-20(25(2)15-16-7-6-8-17(21)13-16)23-14-18-11-12-26(24-18)19-9-4-3-5-10-19/h3-13H,14-15H2,1-2H3,(H,22,23). The van der Waals surface area contributed by atoms with Crippen molar-refractivity contribution in [1.82, 2.24) is 20.0 Å². The van der Waals surface area contributed by atoms with Gasteiger partial charge in [0.2, 0.25) is 0 Å². The number of hydrogen-bond acceptors (Lipinski definition) is 2. The highest BCUT2D eigenvalue weighted by Gasteiger charge is 2.08. The molecule has 0 radical (unpaired) electrons. The van der Waals surface area contributed by atoms with Crippen LogP contribution in [0.25, 0.3) is 5.69 Å². The maximum atomic E-state index is 13.3. The number of nitrogens with one attached hydrogen (secondary N) is 1. The van der Waals surface area contributed by atoms with Crippen molar-refractivity contribution in [3.63, 3.8) is 0 Å². The minimum atomic E-state index is -0.231. The van der Waals surface area contributed by atoms with Gasteiger partial charge >= 0.3 is 0 Å². The quantitative estimate of drug-likeness (QED) is 0.567. The molecule has 0 unspecified atom stereocenters. The Morgan fingerprint density at radius 3 is 2.69 bits per heavy atom. The van der Waals surface area contributed by atoms with Crippen molar-refractivity contribution in [2.24, 2.45) is 4.99 Å². The Labute approximate surface area is 152 Å². The number of hydrogen-bond donors (Lipinski definition) is 1. The van der Waals surface area contributed by atoms with Crippen molar-refractivity contribution in [3.05, 3.63) is 83.9 Å². The Hall–Kier alpha value is -3.15. The molecule has 6 heteroatoms. The van der Waals surface area contributed by atoms with Crippen LogP contribution < -0.4 is 5.32 Å². The van der Waals surface area contributed by atoms with E-state index in [1.54, 1.807) is 13.1 Å². The number of benzene rings is 2. The van der Waals surface area contributed by atoms with Crippen molar-refractivity contribution in [1.29, 1.82) is 0 Å². The SMILES string of the molecule is CN=C(NCc1ccn(-c2ccccc2)n1)N(C)Cc1cccc(F)c1. The smallest absolute Gasteiger partial charge is 0.194 e. The summed E-state index contributed by atoms with van der Waals surface area (Å²) in [6.45, 7) is 1.12. The molecule has 5 nitrogen and oxygen atoms in total. The van der Waals surface area contributed by atoms with Gasteiger partial charge < -0.3 is 10.2 Å². The van der Waals surface area contributed by atoms with Crippen molar-refractivity contribution in [2.45, 2.75) is 13.1 Å². The molecule has 3 rings (SSSR count). The normalized spacial score (nSPS) is 11.4. The second-order valence-corrected chi connectivity index (χ2v) is 5.97. The van der Waals surface area contributed by atoms with E-state index in [1.807, 2.05) is 65.3 Å². The van der Waals surface area contributed by atoms with Gasteiger partial charge in [-0.25, -0.2) is 9.07 Å². The van der Waals surface area contributed by atoms with Crippen molar-refractivity contribution in [2.75, 3.05) is 14.1 Å². The third-order valence-electron chi connectivity index (χ3n) is 3.97. The van der Waals surface area contributed by atoms with Crippen LogP contribution in [0.2, 0.25) is 0 Å². The Morgan fingerprint density at radius 1 is 1.15 bits per heavy atom. The number of nitrogens with zero attached hydrogens (tertiary/aromatic N) is 4. The largest absolute Gasteiger partial charge is 0.351 e. The first-order valence-corrected chi connectivity index (χ1v) is 8.42. The number of aromatic nitrogens is 2. The molecule has 134 valence electrons. The number of para-hydroxylation sites is 1. The fourth-order valence-electron chi connectivity index (χ4n) is 2.72. The van der Waals surface area contributed by atoms with Gasteiger partial charge in [0.25, 0.3) is 0 Å². The highest BCUT2D eigenvalue weighted by atomic mass is 19.1. The monoisotopic (exact) mass is 351 g/mol. The van der Waals surface area contributed by atoms with Gasteiger partial charge in [0.1, 0.15) is 5.82 Å². The van der Waals surface area contributed by atoms with Gasteiger partial charge in [-0.1, -0.05) is 30.3 Å². The summed E-state index contributed by atoms with van der Waals surface area (Å²) in [6.07, 6.45) is 1.94. The lowest BCUT2D eigenvalue weighted by atomic mass is 10.2. The molecule has 0 amide bonds. The van der Waals surface area contributed by atoms with Crippen LogP contribution in [0.1, 0.15) is 11.3 Å². The van der Waals surface area contributed by atoms with Crippen LogP contribution in [0.5, 0.6) is 0 Å². The van der Waals surface area contributed by atoms with E-state index >= 15 is 0 Å². The Kier molecular flexibility index (Phi) is 5.63. The third-order valence-corrected chi connectivity index (χ3v) is 3.97. The van der Waals surface area contributed by atoms with Crippen LogP contribution in [-0.2, 0) is 13.1 Å². The predicted molar refractivity (Wildman–Crippen MR) is 102 cm³/mol. The molecular weight excluding hydrogens is 329 g/mol. The lowest BCUT2D eigenvalue weighted by Gasteiger charge is -2.21. The van der Waals surface area contributed by atoms with Crippen LogP contribution in [0.4, 0.5) is 4.39 Å². The van der Waals surface area contributed by atoms with E-state index in [0.29, 0.717) is 13.1 Å². The zero-order chi connectivity index (χ0) is 18.4. The zero-order valence-electron chi connectivity index (χ0n) is 14.9. The van der Waals surface area contributed by atoms with Gasteiger partial charge in [0, 0.05) is 26.8 Å². The number of guanidine groups is 1. The van der Waals surface area contributed by atoms with E-state index in [-0.39, 0.29) is 5.82 Å². The van der Waals surface area contributed by atoms with E-state index in [1.165, 1.54) is 12.1 Å². The molecule has 0 fully saturated rings. The maximum absolute atomic E-state index is 13.3. The molecule has 0 bridgehead atoms. The fraction of sp³-hybridized carbons (Fsp3) is 0.200. The molecule has 26 heavy (non-hydrogen) atoms. The first-order valence-electron chi connectivity index (χ1n) is 8.42. The highest BCUT2D eigenvalue weighted by molar-refractivity contribution is 5.79. The molecular formula is C20H22FN5. The highest BCUT2D eigenvalue weighted by Crippen LogP contribution is 2.08. The van der Waals surface area contributed by atoms with Crippen LogP contribution in [0.15, 0.2) is 71.9 Å². The average Bonchev–Trinajstić information content (AvgIpc) is 3.12. The molecule has 0 atom stereocenters. The van der Waals surface area contributed by atoms with Crippen LogP contribution in [0.3, 0.4) is 0 Å². The van der Waals surface area contributed by atoms with Crippen molar-refractivity contribution < 1.29 is 4.39 Å². The van der Waals surface area contributed by atoms with Gasteiger partial charge in [-0.05, 0) is 35.9 Å². The molecule has 0 aliphatic rings. The summed E-state index contributed by atoms with van der Waals surface area (Å²) in [7, 11) is 3.65. The lowest BCUT2D eigenvalue weighted by molar-refractivity contribution is 0.474. The summed E-state index contributed by atoms with van der Waals surface area (Å²) in [5.41, 5.74) is 2.82. The number of aliphatic imine (C=N–C) groups is 1. The van der Waals surface area contributed by atoms with Crippen LogP contribution in [-0.4, -0.2) is 34.7 Å². The van der Waals surface area contributed by atoms with Gasteiger partial charge in [0.15, 0.2) is 5.96 Å². The minimum Gasteiger partial charge on any atom is -0.351 e. The van der Waals surface area contributed by atoms with Gasteiger partial charge in [-0.3, -0.25) is 4.99 Å². The first-order chi connectivity index (χ1) is 12.7. The van der Waals surface area contributed by atoms with Crippen molar-refractivity contribution >= 4 is 5.96 Å². The lowest BCUT2D eigenvalue weighted by Crippen LogP contribution is -2.38. The molecule has 0 aliphatic heterocycles. The molecule has 2 aromatic carbocycles. The number of rotatable bonds is 5. The molecule has 3 aromatic rings. The first kappa shape index (κ1) is 17.7. The average molecular weight is 351 g/mol. The maximum Gasteiger partial charge on any atom is 0.194 e. The minimum absolute atomic E-state index is 0.231. The molecule has 1 N–H and O–H groups in total. The summed E-state index contributed by atoms with van der Waals surface area (Å²) < 4.78 is 15.2. The molecule has 0 aliphatic carbocycles. The molecule has 0 spiro atoms. The molecule has 0 saturated heterocycles. The second kappa shape index (κ2) is 8.29. The summed E-state index contributed by atoms with van der Waals surface area (Å²) in [6, 6.07) is 18.5.